The Morgan fingerprint density at radius 2 is 2.28 bits per heavy atom. The van der Waals surface area contributed by atoms with Crippen molar-refractivity contribution in [2.45, 2.75) is 26.5 Å². The van der Waals surface area contributed by atoms with Gasteiger partial charge in [-0.15, -0.1) is 0 Å². The number of aliphatic hydroxyl groups excluding tert-OH is 1. The topological polar surface area (TPSA) is 71.6 Å². The Morgan fingerprint density at radius 1 is 1.50 bits per heavy atom. The molecule has 6 nitrogen and oxygen atoms in total. The van der Waals surface area contributed by atoms with Crippen LogP contribution in [0.3, 0.4) is 0 Å². The van der Waals surface area contributed by atoms with Gasteiger partial charge in [-0.3, -0.25) is 4.79 Å². The van der Waals surface area contributed by atoms with Crippen LogP contribution >= 0.6 is 0 Å². The maximum atomic E-state index is 12.1. The Bertz CT molecular complexity index is 587. The third-order valence-electron chi connectivity index (χ3n) is 2.76. The lowest BCUT2D eigenvalue weighted by Gasteiger charge is -2.12. The lowest BCUT2D eigenvalue weighted by molar-refractivity contribution is 0.151. The fourth-order valence-electron chi connectivity index (χ4n) is 1.89. The van der Waals surface area contributed by atoms with Crippen molar-refractivity contribution in [3.05, 3.63) is 34.5 Å². The molecule has 0 bridgehead atoms. The van der Waals surface area contributed by atoms with Crippen LogP contribution < -0.4 is 10.9 Å². The molecule has 0 aliphatic carbocycles. The molecule has 0 aromatic carbocycles. The molecule has 18 heavy (non-hydrogen) atoms. The van der Waals surface area contributed by atoms with E-state index in [1.807, 2.05) is 13.8 Å². The summed E-state index contributed by atoms with van der Waals surface area (Å²) in [5.41, 5.74) is 1.21. The Labute approximate surface area is 105 Å². The molecule has 2 aromatic heterocycles. The van der Waals surface area contributed by atoms with E-state index in [1.165, 1.54) is 4.57 Å². The monoisotopic (exact) mass is 250 g/mol. The van der Waals surface area contributed by atoms with Gasteiger partial charge in [0.25, 0.3) is 5.56 Å². The van der Waals surface area contributed by atoms with Gasteiger partial charge in [0.1, 0.15) is 5.52 Å². The van der Waals surface area contributed by atoms with Crippen LogP contribution in [-0.2, 0) is 6.54 Å². The zero-order valence-electron chi connectivity index (χ0n) is 10.6. The quantitative estimate of drug-likeness (QED) is 0.769. The number of fused-ring (bicyclic) bond motifs is 1. The Hall–Kier alpha value is -1.66. The molecule has 0 fully saturated rings. The van der Waals surface area contributed by atoms with Crippen molar-refractivity contribution < 1.29 is 5.11 Å². The number of aryl methyl sites for hydroxylation is 1. The molecule has 6 heteroatoms. The van der Waals surface area contributed by atoms with Crippen molar-refractivity contribution >= 4 is 5.52 Å². The molecule has 0 aliphatic heterocycles. The minimum atomic E-state index is -0.575. The maximum Gasteiger partial charge on any atom is 0.276 e. The zero-order chi connectivity index (χ0) is 13.1. The Kier molecular flexibility index (Phi) is 3.78. The predicted molar refractivity (Wildman–Crippen MR) is 68.7 cm³/mol. The van der Waals surface area contributed by atoms with Crippen molar-refractivity contribution in [2.24, 2.45) is 0 Å². The summed E-state index contributed by atoms with van der Waals surface area (Å²) in [4.78, 5) is 12.1. The van der Waals surface area contributed by atoms with Crippen molar-refractivity contribution in [2.75, 3.05) is 13.1 Å². The van der Waals surface area contributed by atoms with E-state index in [-0.39, 0.29) is 12.1 Å². The first kappa shape index (κ1) is 12.8. The molecule has 2 heterocycles. The van der Waals surface area contributed by atoms with Gasteiger partial charge in [-0.25, -0.2) is 4.52 Å². The first-order chi connectivity index (χ1) is 8.61. The number of nitrogens with one attached hydrogen (secondary N) is 1. The molecular formula is C12H18N4O2. The molecule has 2 N–H and O–H groups in total. The molecule has 0 radical (unpaired) electrons. The summed E-state index contributed by atoms with van der Waals surface area (Å²) in [7, 11) is 0. The number of hydrogen-bond acceptors (Lipinski definition) is 4. The molecule has 0 saturated heterocycles. The fourth-order valence-corrected chi connectivity index (χ4v) is 1.89. The maximum absolute atomic E-state index is 12.1. The highest BCUT2D eigenvalue weighted by atomic mass is 16.3. The van der Waals surface area contributed by atoms with E-state index >= 15 is 0 Å². The second kappa shape index (κ2) is 5.32. The van der Waals surface area contributed by atoms with Crippen LogP contribution in [-0.4, -0.2) is 38.5 Å². The lowest BCUT2D eigenvalue weighted by Crippen LogP contribution is -2.34. The summed E-state index contributed by atoms with van der Waals surface area (Å²) in [6.07, 6.45) is 2.80. The number of nitrogens with zero attached hydrogens (tertiary/aromatic N) is 3. The van der Waals surface area contributed by atoms with E-state index in [0.717, 1.165) is 12.2 Å². The zero-order valence-corrected chi connectivity index (χ0v) is 10.6. The highest BCUT2D eigenvalue weighted by Crippen LogP contribution is 2.00. The number of hydrogen-bond donors (Lipinski definition) is 2. The first-order valence-corrected chi connectivity index (χ1v) is 6.06. The number of aliphatic hydroxyl groups is 1. The third-order valence-corrected chi connectivity index (χ3v) is 2.76. The fraction of sp³-hybridized carbons (Fsp3) is 0.500. The van der Waals surface area contributed by atoms with Gasteiger partial charge in [0, 0.05) is 18.9 Å². The molecule has 2 aromatic rings. The second-order valence-corrected chi connectivity index (χ2v) is 4.33. The average molecular weight is 250 g/mol. The predicted octanol–water partition coefficient (Wildman–Crippen LogP) is -0.225. The van der Waals surface area contributed by atoms with Crippen LogP contribution in [0.1, 0.15) is 12.6 Å². The first-order valence-electron chi connectivity index (χ1n) is 6.06. The van der Waals surface area contributed by atoms with Crippen molar-refractivity contribution in [3.63, 3.8) is 0 Å². The summed E-state index contributed by atoms with van der Waals surface area (Å²) in [5.74, 6) is 0. The molecule has 2 rings (SSSR count). The smallest absolute Gasteiger partial charge is 0.276 e. The van der Waals surface area contributed by atoms with Crippen LogP contribution in [0.4, 0.5) is 0 Å². The van der Waals surface area contributed by atoms with Gasteiger partial charge in [-0.2, -0.15) is 5.10 Å². The molecule has 0 amide bonds. The molecule has 0 aliphatic rings. The van der Waals surface area contributed by atoms with Gasteiger partial charge in [-0.05, 0) is 19.5 Å². The second-order valence-electron chi connectivity index (χ2n) is 4.33. The highest BCUT2D eigenvalue weighted by Gasteiger charge is 2.09. The standard InChI is InChI=1S/C12H18N4O2/c1-3-13-7-10(17)8-15-4-5-16-11(12(15)18)6-9(2)14-16/h4-6,10,13,17H,3,7-8H2,1-2H3. The summed E-state index contributed by atoms with van der Waals surface area (Å²) >= 11 is 0. The van der Waals surface area contributed by atoms with Gasteiger partial charge in [0.2, 0.25) is 0 Å². The van der Waals surface area contributed by atoms with Crippen LogP contribution in [0.2, 0.25) is 0 Å². The van der Waals surface area contributed by atoms with Gasteiger partial charge < -0.3 is 15.0 Å². The third kappa shape index (κ3) is 2.60. The largest absolute Gasteiger partial charge is 0.390 e. The summed E-state index contributed by atoms with van der Waals surface area (Å²) < 4.78 is 3.07. The average Bonchev–Trinajstić information content (AvgIpc) is 2.72. The van der Waals surface area contributed by atoms with Gasteiger partial charge in [-0.1, -0.05) is 6.92 Å². The van der Waals surface area contributed by atoms with Crippen LogP contribution in [0.25, 0.3) is 5.52 Å². The number of rotatable bonds is 5. The summed E-state index contributed by atoms with van der Waals surface area (Å²) in [6, 6.07) is 1.75. The van der Waals surface area contributed by atoms with E-state index < -0.39 is 6.10 Å². The summed E-state index contributed by atoms with van der Waals surface area (Å²) in [5, 5.41) is 17.0. The van der Waals surface area contributed by atoms with Crippen molar-refractivity contribution in [1.82, 2.24) is 19.5 Å². The SMILES string of the molecule is CCNCC(O)Cn1ccn2nc(C)cc2c1=O. The molecular weight excluding hydrogens is 232 g/mol. The van der Waals surface area contributed by atoms with E-state index in [1.54, 1.807) is 23.0 Å². The number of likely N-dealkylation sites (N-methyl/N-ethyl adjacent to an activating group) is 1. The van der Waals surface area contributed by atoms with Gasteiger partial charge >= 0.3 is 0 Å². The molecule has 1 unspecified atom stereocenters. The summed E-state index contributed by atoms with van der Waals surface area (Å²) in [6.45, 7) is 5.38. The van der Waals surface area contributed by atoms with Crippen molar-refractivity contribution in [1.29, 1.82) is 0 Å². The van der Waals surface area contributed by atoms with Gasteiger partial charge in [0.15, 0.2) is 0 Å². The van der Waals surface area contributed by atoms with E-state index in [2.05, 4.69) is 10.4 Å². The van der Waals surface area contributed by atoms with Crippen LogP contribution in [0, 0.1) is 6.92 Å². The van der Waals surface area contributed by atoms with Crippen LogP contribution in [0.5, 0.6) is 0 Å². The Morgan fingerprint density at radius 3 is 3.00 bits per heavy atom. The Balaban J connectivity index is 2.23. The van der Waals surface area contributed by atoms with E-state index in [9.17, 15) is 9.90 Å². The lowest BCUT2D eigenvalue weighted by atomic mass is 10.3. The minimum Gasteiger partial charge on any atom is -0.390 e. The van der Waals surface area contributed by atoms with E-state index in [4.69, 9.17) is 0 Å². The number of aromatic nitrogens is 3. The molecule has 0 saturated carbocycles. The van der Waals surface area contributed by atoms with Crippen LogP contribution in [0.15, 0.2) is 23.3 Å². The normalized spacial score (nSPS) is 13.1. The van der Waals surface area contributed by atoms with E-state index in [0.29, 0.717) is 12.1 Å². The molecule has 0 spiro atoms. The van der Waals surface area contributed by atoms with Gasteiger partial charge in [0.05, 0.1) is 18.3 Å². The highest BCUT2D eigenvalue weighted by molar-refractivity contribution is 5.44. The molecule has 1 atom stereocenters. The molecule has 98 valence electrons. The van der Waals surface area contributed by atoms with Crippen molar-refractivity contribution in [3.8, 4) is 0 Å². The minimum absolute atomic E-state index is 0.131.